The van der Waals surface area contributed by atoms with Gasteiger partial charge in [-0.1, -0.05) is 12.1 Å². The molecule has 0 saturated carbocycles. The molecular formula is C12H10ClN3. The molecule has 1 N–H and O–H groups in total. The monoisotopic (exact) mass is 231 g/mol. The first-order valence-corrected chi connectivity index (χ1v) is 5.43. The molecule has 3 nitrogen and oxygen atoms in total. The molecule has 80 valence electrons. The molecule has 0 aliphatic carbocycles. The smallest absolute Gasteiger partial charge is 0.110 e. The van der Waals surface area contributed by atoms with E-state index in [1.54, 1.807) is 18.5 Å². The Morgan fingerprint density at radius 2 is 2.31 bits per heavy atom. The zero-order valence-corrected chi connectivity index (χ0v) is 9.33. The van der Waals surface area contributed by atoms with Crippen molar-refractivity contribution in [2.24, 2.45) is 0 Å². The van der Waals surface area contributed by atoms with E-state index in [1.807, 2.05) is 12.1 Å². The second-order valence-corrected chi connectivity index (χ2v) is 3.72. The third-order valence-electron chi connectivity index (χ3n) is 2.36. The van der Waals surface area contributed by atoms with Gasteiger partial charge in [0.1, 0.15) is 5.82 Å². The SMILES string of the molecule is N#Cc1ccc(Cc2ncc[nH]2)cc1CCl. The summed E-state index contributed by atoms with van der Waals surface area (Å²) in [5, 5.41) is 8.87. The summed E-state index contributed by atoms with van der Waals surface area (Å²) in [5.74, 6) is 1.26. The number of H-pyrrole nitrogens is 1. The predicted octanol–water partition coefficient (Wildman–Crippen LogP) is 2.61. The maximum atomic E-state index is 8.87. The molecule has 2 aromatic rings. The van der Waals surface area contributed by atoms with E-state index in [2.05, 4.69) is 16.0 Å². The molecule has 0 aliphatic heterocycles. The minimum absolute atomic E-state index is 0.356. The molecule has 0 bridgehead atoms. The van der Waals surface area contributed by atoms with E-state index >= 15 is 0 Å². The number of hydrogen-bond donors (Lipinski definition) is 1. The first-order chi connectivity index (χ1) is 7.83. The number of hydrogen-bond acceptors (Lipinski definition) is 2. The number of aromatic nitrogens is 2. The van der Waals surface area contributed by atoms with Crippen molar-refractivity contribution >= 4 is 11.6 Å². The first-order valence-electron chi connectivity index (χ1n) is 4.89. The van der Waals surface area contributed by atoms with Crippen LogP contribution in [0.4, 0.5) is 0 Å². The van der Waals surface area contributed by atoms with E-state index in [0.717, 1.165) is 23.4 Å². The van der Waals surface area contributed by atoms with Gasteiger partial charge in [0.15, 0.2) is 0 Å². The Bertz CT molecular complexity index is 512. The second-order valence-electron chi connectivity index (χ2n) is 3.45. The third kappa shape index (κ3) is 2.23. The normalized spacial score (nSPS) is 10.0. The van der Waals surface area contributed by atoms with Crippen LogP contribution < -0.4 is 0 Å². The highest BCUT2D eigenvalue weighted by Crippen LogP contribution is 2.15. The zero-order valence-electron chi connectivity index (χ0n) is 8.57. The fraction of sp³-hybridized carbons (Fsp3) is 0.167. The van der Waals surface area contributed by atoms with Crippen molar-refractivity contribution in [1.29, 1.82) is 5.26 Å². The number of alkyl halides is 1. The largest absolute Gasteiger partial charge is 0.348 e. The summed E-state index contributed by atoms with van der Waals surface area (Å²) in [5.41, 5.74) is 2.61. The van der Waals surface area contributed by atoms with Gasteiger partial charge in [0.2, 0.25) is 0 Å². The van der Waals surface area contributed by atoms with Crippen LogP contribution >= 0.6 is 11.6 Å². The molecular weight excluding hydrogens is 222 g/mol. The van der Waals surface area contributed by atoms with Crippen LogP contribution in [0.1, 0.15) is 22.5 Å². The number of nitrogens with zero attached hydrogens (tertiary/aromatic N) is 2. The lowest BCUT2D eigenvalue weighted by Gasteiger charge is -2.03. The molecule has 0 saturated heterocycles. The Morgan fingerprint density at radius 1 is 1.44 bits per heavy atom. The fourth-order valence-corrected chi connectivity index (χ4v) is 1.79. The molecule has 0 aliphatic rings. The number of nitrogens with one attached hydrogen (secondary N) is 1. The predicted molar refractivity (Wildman–Crippen MR) is 62.1 cm³/mol. The van der Waals surface area contributed by atoms with Crippen LogP contribution in [-0.2, 0) is 12.3 Å². The molecule has 0 amide bonds. The third-order valence-corrected chi connectivity index (χ3v) is 2.65. The van der Waals surface area contributed by atoms with Gasteiger partial charge in [-0.05, 0) is 17.2 Å². The second kappa shape index (κ2) is 4.82. The van der Waals surface area contributed by atoms with Gasteiger partial charge >= 0.3 is 0 Å². The maximum absolute atomic E-state index is 8.87. The zero-order chi connectivity index (χ0) is 11.4. The van der Waals surface area contributed by atoms with E-state index in [0.29, 0.717) is 11.4 Å². The minimum atomic E-state index is 0.356. The molecule has 4 heteroatoms. The number of imidazole rings is 1. The lowest BCUT2D eigenvalue weighted by molar-refractivity contribution is 1.02. The molecule has 1 aromatic heterocycles. The van der Waals surface area contributed by atoms with E-state index < -0.39 is 0 Å². The van der Waals surface area contributed by atoms with E-state index in [9.17, 15) is 0 Å². The van der Waals surface area contributed by atoms with Gasteiger partial charge in [0, 0.05) is 24.7 Å². The van der Waals surface area contributed by atoms with E-state index in [4.69, 9.17) is 16.9 Å². The summed E-state index contributed by atoms with van der Waals surface area (Å²) in [6.45, 7) is 0. The summed E-state index contributed by atoms with van der Waals surface area (Å²) < 4.78 is 0. The Morgan fingerprint density at radius 3 is 2.94 bits per heavy atom. The summed E-state index contributed by atoms with van der Waals surface area (Å²) >= 11 is 5.79. The fourth-order valence-electron chi connectivity index (χ4n) is 1.56. The lowest BCUT2D eigenvalue weighted by atomic mass is 10.0. The quantitative estimate of drug-likeness (QED) is 0.826. The molecule has 1 aromatic carbocycles. The standard InChI is InChI=1S/C12H10ClN3/c13-7-11-5-9(1-2-10(11)8-14)6-12-15-3-4-16-12/h1-5H,6-7H2,(H,15,16). The summed E-state index contributed by atoms with van der Waals surface area (Å²) in [6, 6.07) is 7.81. The van der Waals surface area contributed by atoms with Crippen molar-refractivity contribution < 1.29 is 0 Å². The maximum Gasteiger partial charge on any atom is 0.110 e. The van der Waals surface area contributed by atoms with E-state index in [1.165, 1.54) is 0 Å². The average molecular weight is 232 g/mol. The number of halogens is 1. The first kappa shape index (κ1) is 10.7. The van der Waals surface area contributed by atoms with Crippen LogP contribution in [0.5, 0.6) is 0 Å². The highest BCUT2D eigenvalue weighted by atomic mass is 35.5. The molecule has 2 rings (SSSR count). The van der Waals surface area contributed by atoms with Crippen molar-refractivity contribution in [2.45, 2.75) is 12.3 Å². The Hall–Kier alpha value is -1.79. The van der Waals surface area contributed by atoms with Gasteiger partial charge < -0.3 is 4.98 Å². The molecule has 0 atom stereocenters. The van der Waals surface area contributed by atoms with Crippen LogP contribution in [0, 0.1) is 11.3 Å². The van der Waals surface area contributed by atoms with Crippen molar-refractivity contribution in [1.82, 2.24) is 9.97 Å². The Labute approximate surface area is 98.7 Å². The number of benzene rings is 1. The Balaban J connectivity index is 2.27. The molecule has 0 unspecified atom stereocenters. The van der Waals surface area contributed by atoms with Gasteiger partial charge in [0.25, 0.3) is 0 Å². The van der Waals surface area contributed by atoms with Crippen LogP contribution in [0.2, 0.25) is 0 Å². The van der Waals surface area contributed by atoms with Gasteiger partial charge in [0.05, 0.1) is 11.6 Å². The van der Waals surface area contributed by atoms with Gasteiger partial charge in [-0.3, -0.25) is 0 Å². The molecule has 16 heavy (non-hydrogen) atoms. The molecule has 1 heterocycles. The van der Waals surface area contributed by atoms with Crippen LogP contribution in [0.3, 0.4) is 0 Å². The van der Waals surface area contributed by atoms with Crippen molar-refractivity contribution in [3.05, 3.63) is 53.1 Å². The van der Waals surface area contributed by atoms with Gasteiger partial charge in [-0.15, -0.1) is 11.6 Å². The van der Waals surface area contributed by atoms with Crippen LogP contribution in [0.25, 0.3) is 0 Å². The van der Waals surface area contributed by atoms with Crippen molar-refractivity contribution in [3.8, 4) is 6.07 Å². The molecule has 0 radical (unpaired) electrons. The number of nitriles is 1. The molecule has 0 fully saturated rings. The lowest BCUT2D eigenvalue weighted by Crippen LogP contribution is -1.94. The highest BCUT2D eigenvalue weighted by molar-refractivity contribution is 6.17. The highest BCUT2D eigenvalue weighted by Gasteiger charge is 2.04. The van der Waals surface area contributed by atoms with Crippen molar-refractivity contribution in [3.63, 3.8) is 0 Å². The van der Waals surface area contributed by atoms with Crippen molar-refractivity contribution in [2.75, 3.05) is 0 Å². The Kier molecular flexibility index (Phi) is 3.23. The van der Waals surface area contributed by atoms with Crippen LogP contribution in [-0.4, -0.2) is 9.97 Å². The van der Waals surface area contributed by atoms with Gasteiger partial charge in [-0.25, -0.2) is 4.98 Å². The van der Waals surface area contributed by atoms with Gasteiger partial charge in [-0.2, -0.15) is 5.26 Å². The summed E-state index contributed by atoms with van der Waals surface area (Å²) in [6.07, 6.45) is 4.24. The summed E-state index contributed by atoms with van der Waals surface area (Å²) in [7, 11) is 0. The minimum Gasteiger partial charge on any atom is -0.348 e. The number of rotatable bonds is 3. The summed E-state index contributed by atoms with van der Waals surface area (Å²) in [4.78, 5) is 7.20. The van der Waals surface area contributed by atoms with E-state index in [-0.39, 0.29) is 0 Å². The topological polar surface area (TPSA) is 52.5 Å². The molecule has 0 spiro atoms. The number of aromatic amines is 1. The van der Waals surface area contributed by atoms with Crippen LogP contribution in [0.15, 0.2) is 30.6 Å². The average Bonchev–Trinajstić information content (AvgIpc) is 2.81.